The summed E-state index contributed by atoms with van der Waals surface area (Å²) in [6.45, 7) is 2.20. The second-order valence-electron chi connectivity index (χ2n) is 10.0. The summed E-state index contributed by atoms with van der Waals surface area (Å²) in [5.74, 6) is 0.114. The zero-order valence-corrected chi connectivity index (χ0v) is 23.8. The number of pyridine rings is 1. The van der Waals surface area contributed by atoms with E-state index in [9.17, 15) is 14.4 Å². The normalized spacial score (nSPS) is 17.4. The van der Waals surface area contributed by atoms with Crippen molar-refractivity contribution in [2.24, 2.45) is 0 Å². The molecule has 9 heteroatoms. The van der Waals surface area contributed by atoms with Gasteiger partial charge in [0.2, 0.25) is 12.4 Å². The number of aryl methyl sites for hydroxylation is 1. The Morgan fingerprint density at radius 3 is 2.51 bits per heavy atom. The van der Waals surface area contributed by atoms with E-state index in [-0.39, 0.29) is 17.8 Å². The van der Waals surface area contributed by atoms with Crippen LogP contribution in [0.5, 0.6) is 5.75 Å². The van der Waals surface area contributed by atoms with E-state index in [1.54, 1.807) is 25.6 Å². The third-order valence-corrected chi connectivity index (χ3v) is 9.39. The van der Waals surface area contributed by atoms with Crippen molar-refractivity contribution in [1.29, 1.82) is 0 Å². The second kappa shape index (κ2) is 11.5. The number of fused-ring (bicyclic) bond motifs is 1. The van der Waals surface area contributed by atoms with Gasteiger partial charge in [-0.2, -0.15) is 0 Å². The quantitative estimate of drug-likeness (QED) is 0.201. The minimum Gasteiger partial charge on any atom is -0.496 e. The predicted octanol–water partition coefficient (Wildman–Crippen LogP) is 6.38. The van der Waals surface area contributed by atoms with Gasteiger partial charge in [-0.25, -0.2) is 4.39 Å². The minimum atomic E-state index is -0.371. The van der Waals surface area contributed by atoms with E-state index in [0.717, 1.165) is 64.0 Å². The topological polar surface area (TPSA) is 65.7 Å². The van der Waals surface area contributed by atoms with E-state index in [1.165, 1.54) is 6.07 Å². The van der Waals surface area contributed by atoms with Crippen LogP contribution in [0.15, 0.2) is 54.9 Å². The van der Waals surface area contributed by atoms with Gasteiger partial charge >= 0.3 is 0 Å². The number of amides is 1. The molecule has 1 aliphatic carbocycles. The lowest BCUT2D eigenvalue weighted by Crippen LogP contribution is -2.44. The van der Waals surface area contributed by atoms with Gasteiger partial charge < -0.3 is 15.0 Å². The number of nitrogens with one attached hydrogen (secondary N) is 1. The molecule has 2 aromatic carbocycles. The molecular formula is C30H32ClFN3O3S+. The second-order valence-corrected chi connectivity index (χ2v) is 11.4. The summed E-state index contributed by atoms with van der Waals surface area (Å²) in [7, 11) is 3.59. The first-order valence-corrected chi connectivity index (χ1v) is 14.2. The van der Waals surface area contributed by atoms with Crippen LogP contribution in [0.4, 0.5) is 4.39 Å². The molecule has 0 atom stereocenters. The molecule has 4 aromatic rings. The number of thiophene rings is 1. The van der Waals surface area contributed by atoms with Gasteiger partial charge in [-0.05, 0) is 74.5 Å². The number of hydrogen-bond donors (Lipinski definition) is 2. The van der Waals surface area contributed by atoms with Crippen LogP contribution in [-0.2, 0) is 6.54 Å². The Balaban J connectivity index is 1.55. The Hall–Kier alpha value is -3.20. The standard InChI is InChI=1S/C30H32ClFN3O3S/c1-18-4-10-24(32)28-26(18)27(31)29(39-28)30(36)35(23-8-6-22(33-2)7-9-23)17-21-16-20(5-11-25(21)38-3)19-12-14-34(37)15-13-19/h4-5,10-16,22-23,33,37H,6-9,17H2,1-3H3/q+1. The van der Waals surface area contributed by atoms with Crippen molar-refractivity contribution in [3.63, 3.8) is 0 Å². The van der Waals surface area contributed by atoms with Crippen LogP contribution in [0.25, 0.3) is 21.2 Å². The number of carbonyl (C=O) groups is 1. The van der Waals surface area contributed by atoms with Crippen molar-refractivity contribution >= 4 is 38.9 Å². The zero-order chi connectivity index (χ0) is 27.7. The SMILES string of the molecule is CNC1CCC(N(Cc2cc(-c3cc[n+](O)cc3)ccc2OC)C(=O)c2sc3c(F)ccc(C)c3c2Cl)CC1. The number of aromatic nitrogens is 1. The molecule has 1 amide bonds. The molecule has 0 aliphatic heterocycles. The maximum atomic E-state index is 14.7. The zero-order valence-electron chi connectivity index (χ0n) is 22.2. The van der Waals surface area contributed by atoms with Gasteiger partial charge in [0.1, 0.15) is 16.4 Å². The summed E-state index contributed by atoms with van der Waals surface area (Å²) in [5.41, 5.74) is 3.57. The minimum absolute atomic E-state index is 0.00718. The van der Waals surface area contributed by atoms with Gasteiger partial charge in [0, 0.05) is 46.4 Å². The molecule has 1 aliphatic rings. The van der Waals surface area contributed by atoms with Gasteiger partial charge in [0.15, 0.2) is 0 Å². The van der Waals surface area contributed by atoms with Crippen LogP contribution >= 0.6 is 22.9 Å². The summed E-state index contributed by atoms with van der Waals surface area (Å²) < 4.78 is 21.8. The Morgan fingerprint density at radius 2 is 1.87 bits per heavy atom. The van der Waals surface area contributed by atoms with E-state index in [2.05, 4.69) is 5.32 Å². The number of ether oxygens (including phenoxy) is 1. The highest BCUT2D eigenvalue weighted by molar-refractivity contribution is 7.21. The third-order valence-electron chi connectivity index (χ3n) is 7.71. The molecule has 39 heavy (non-hydrogen) atoms. The molecule has 2 heterocycles. The van der Waals surface area contributed by atoms with Crippen LogP contribution in [-0.4, -0.2) is 42.3 Å². The number of benzene rings is 2. The summed E-state index contributed by atoms with van der Waals surface area (Å²) >= 11 is 7.90. The molecule has 6 nitrogen and oxygen atoms in total. The Kier molecular flexibility index (Phi) is 8.07. The third kappa shape index (κ3) is 5.46. The van der Waals surface area contributed by atoms with E-state index in [0.29, 0.717) is 38.3 Å². The van der Waals surface area contributed by atoms with Crippen LogP contribution < -0.4 is 14.8 Å². The lowest BCUT2D eigenvalue weighted by atomic mass is 9.89. The number of halogens is 2. The van der Waals surface area contributed by atoms with Crippen molar-refractivity contribution in [3.8, 4) is 16.9 Å². The fraction of sp³-hybridized carbons (Fsp3) is 0.333. The highest BCUT2D eigenvalue weighted by atomic mass is 35.5. The first-order valence-electron chi connectivity index (χ1n) is 13.0. The molecule has 204 valence electrons. The molecule has 5 rings (SSSR count). The van der Waals surface area contributed by atoms with E-state index >= 15 is 0 Å². The van der Waals surface area contributed by atoms with Crippen molar-refractivity contribution in [2.45, 2.75) is 51.2 Å². The lowest BCUT2D eigenvalue weighted by Gasteiger charge is -2.37. The highest BCUT2D eigenvalue weighted by Crippen LogP contribution is 2.41. The monoisotopic (exact) mass is 568 g/mol. The molecule has 0 spiro atoms. The Morgan fingerprint density at radius 1 is 1.15 bits per heavy atom. The van der Waals surface area contributed by atoms with E-state index in [4.69, 9.17) is 16.3 Å². The van der Waals surface area contributed by atoms with Gasteiger partial charge in [-0.3, -0.25) is 10.0 Å². The lowest BCUT2D eigenvalue weighted by molar-refractivity contribution is -0.904. The maximum absolute atomic E-state index is 14.7. The van der Waals surface area contributed by atoms with Gasteiger partial charge in [0.25, 0.3) is 5.91 Å². The van der Waals surface area contributed by atoms with Crippen LogP contribution in [0.2, 0.25) is 5.02 Å². The fourth-order valence-electron chi connectivity index (χ4n) is 5.48. The Labute approximate surface area is 236 Å². The Bertz CT molecular complexity index is 1500. The summed E-state index contributed by atoms with van der Waals surface area (Å²) in [5, 5.41) is 13.9. The molecule has 0 unspecified atom stereocenters. The largest absolute Gasteiger partial charge is 0.496 e. The smallest absolute Gasteiger partial charge is 0.266 e. The van der Waals surface area contributed by atoms with Crippen LogP contribution in [0, 0.1) is 12.7 Å². The first-order chi connectivity index (χ1) is 18.8. The number of carbonyl (C=O) groups excluding carboxylic acids is 1. The molecular weight excluding hydrogens is 537 g/mol. The van der Waals surface area contributed by atoms with E-state index < -0.39 is 0 Å². The van der Waals surface area contributed by atoms with Crippen LogP contribution in [0.1, 0.15) is 46.5 Å². The molecule has 1 fully saturated rings. The number of hydrogen-bond acceptors (Lipinski definition) is 5. The molecule has 0 saturated heterocycles. The fourth-order valence-corrected chi connectivity index (χ4v) is 7.10. The van der Waals surface area contributed by atoms with Crippen molar-refractivity contribution in [1.82, 2.24) is 10.2 Å². The summed E-state index contributed by atoms with van der Waals surface area (Å²) in [6.07, 6.45) is 6.76. The maximum Gasteiger partial charge on any atom is 0.266 e. The average Bonchev–Trinajstić information content (AvgIpc) is 3.32. The molecule has 1 saturated carbocycles. The first kappa shape index (κ1) is 27.4. The van der Waals surface area contributed by atoms with Crippen molar-refractivity contribution in [2.75, 3.05) is 14.2 Å². The molecule has 0 bridgehead atoms. The molecule has 0 radical (unpaired) electrons. The van der Waals surface area contributed by atoms with Crippen molar-refractivity contribution < 1.29 is 23.9 Å². The molecule has 2 aromatic heterocycles. The van der Waals surface area contributed by atoms with Crippen molar-refractivity contribution in [3.05, 3.63) is 81.7 Å². The van der Waals surface area contributed by atoms with Gasteiger partial charge in [-0.1, -0.05) is 23.7 Å². The predicted molar refractivity (Wildman–Crippen MR) is 152 cm³/mol. The number of methoxy groups -OCH3 is 1. The highest BCUT2D eigenvalue weighted by Gasteiger charge is 2.32. The van der Waals surface area contributed by atoms with Crippen LogP contribution in [0.3, 0.4) is 0 Å². The van der Waals surface area contributed by atoms with Gasteiger partial charge in [0.05, 0.1) is 16.8 Å². The summed E-state index contributed by atoms with van der Waals surface area (Å²) in [6, 6.07) is 13.1. The molecule has 2 N–H and O–H groups in total. The average molecular weight is 569 g/mol. The van der Waals surface area contributed by atoms with Gasteiger partial charge in [-0.15, -0.1) is 11.3 Å². The number of rotatable bonds is 7. The van der Waals surface area contributed by atoms with E-state index in [1.807, 2.05) is 49.2 Å². The summed E-state index contributed by atoms with van der Waals surface area (Å²) in [4.78, 5) is 16.5. The number of nitrogens with zero attached hydrogens (tertiary/aromatic N) is 2.